The maximum Gasteiger partial charge on any atom is 0.190 e. The molecule has 0 N–H and O–H groups in total. The van der Waals surface area contributed by atoms with Gasteiger partial charge in [-0.3, -0.25) is 0 Å². The summed E-state index contributed by atoms with van der Waals surface area (Å²) in [6.45, 7) is 0. The van der Waals surface area contributed by atoms with Crippen molar-refractivity contribution in [2.45, 2.75) is 50.8 Å². The Morgan fingerprint density at radius 1 is 1.08 bits per heavy atom. The summed E-state index contributed by atoms with van der Waals surface area (Å²) < 4.78 is 7.65. The van der Waals surface area contributed by atoms with E-state index in [1.807, 2.05) is 0 Å². The average Bonchev–Trinajstić information content (AvgIpc) is 3.28. The predicted octanol–water partition coefficient (Wildman–Crippen LogP) is 5.96. The van der Waals surface area contributed by atoms with Gasteiger partial charge in [0.05, 0.1) is 20.4 Å². The molecule has 1 aromatic carbocycles. The fourth-order valence-electron chi connectivity index (χ4n) is 4.41. The van der Waals surface area contributed by atoms with E-state index in [0.717, 1.165) is 16.0 Å². The van der Waals surface area contributed by atoms with E-state index in [9.17, 15) is 0 Å². The Labute approximate surface area is 160 Å². The van der Waals surface area contributed by atoms with Gasteiger partial charge in [-0.15, -0.1) is 11.3 Å². The van der Waals surface area contributed by atoms with E-state index >= 15 is 0 Å². The third kappa shape index (κ3) is 2.81. The SMILES string of the molecule is Brc1ccc(C2=NN3[C@@H](C4CCCCC4)Oc4ccccc4[C@@H]3C2)s1. The number of nitrogens with zero attached hydrogens (tertiary/aromatic N) is 2. The van der Waals surface area contributed by atoms with Gasteiger partial charge in [0.15, 0.2) is 6.23 Å². The van der Waals surface area contributed by atoms with Crippen LogP contribution in [0.5, 0.6) is 5.75 Å². The fourth-order valence-corrected chi connectivity index (χ4v) is 5.79. The van der Waals surface area contributed by atoms with Gasteiger partial charge in [-0.1, -0.05) is 37.5 Å². The van der Waals surface area contributed by atoms with Crippen LogP contribution in [0.2, 0.25) is 0 Å². The number of hydrazone groups is 1. The summed E-state index contributed by atoms with van der Waals surface area (Å²) in [5.74, 6) is 1.64. The van der Waals surface area contributed by atoms with Crippen LogP contribution < -0.4 is 4.74 Å². The number of hydrogen-bond acceptors (Lipinski definition) is 4. The van der Waals surface area contributed by atoms with Crippen molar-refractivity contribution in [3.63, 3.8) is 0 Å². The molecule has 1 aromatic heterocycles. The van der Waals surface area contributed by atoms with E-state index in [4.69, 9.17) is 9.84 Å². The highest BCUT2D eigenvalue weighted by Crippen LogP contribution is 2.46. The normalized spacial score (nSPS) is 26.0. The Bertz CT molecular complexity index is 812. The molecule has 3 heterocycles. The van der Waals surface area contributed by atoms with Gasteiger partial charge in [0.1, 0.15) is 5.75 Å². The second kappa shape index (κ2) is 6.44. The standard InChI is InChI=1S/C20H21BrN2OS/c21-19-11-10-18(25-19)15-12-16-14-8-4-5-9-17(14)24-20(23(16)22-15)13-6-2-1-3-7-13/h4-5,8-11,13,16,20H,1-3,6-7,12H2/t16-,20+/m0/s1. The van der Waals surface area contributed by atoms with Crippen molar-refractivity contribution in [1.82, 2.24) is 5.01 Å². The van der Waals surface area contributed by atoms with Crippen LogP contribution in [0.4, 0.5) is 0 Å². The average molecular weight is 417 g/mol. The predicted molar refractivity (Wildman–Crippen MR) is 105 cm³/mol. The molecular weight excluding hydrogens is 396 g/mol. The van der Waals surface area contributed by atoms with E-state index in [0.29, 0.717) is 12.0 Å². The molecule has 25 heavy (non-hydrogen) atoms. The lowest BCUT2D eigenvalue weighted by atomic mass is 9.86. The zero-order chi connectivity index (χ0) is 16.8. The van der Waals surface area contributed by atoms with Crippen molar-refractivity contribution in [1.29, 1.82) is 0 Å². The molecule has 0 radical (unpaired) electrons. The molecule has 0 saturated heterocycles. The maximum absolute atomic E-state index is 6.49. The summed E-state index contributed by atoms with van der Waals surface area (Å²) in [6, 6.07) is 13.1. The Balaban J connectivity index is 1.53. The number of fused-ring (bicyclic) bond motifs is 3. The van der Waals surface area contributed by atoms with Crippen LogP contribution in [0, 0.1) is 5.92 Å². The number of rotatable bonds is 2. The summed E-state index contributed by atoms with van der Waals surface area (Å²) in [7, 11) is 0. The number of hydrogen-bond donors (Lipinski definition) is 0. The van der Waals surface area contributed by atoms with E-state index in [1.54, 1.807) is 11.3 Å². The topological polar surface area (TPSA) is 24.8 Å². The molecular formula is C20H21BrN2OS. The third-order valence-corrected chi connectivity index (χ3v) is 7.31. The summed E-state index contributed by atoms with van der Waals surface area (Å²) in [5.41, 5.74) is 2.48. The van der Waals surface area contributed by atoms with Crippen LogP contribution in [0.1, 0.15) is 55.0 Å². The molecule has 2 atom stereocenters. The van der Waals surface area contributed by atoms with Crippen molar-refractivity contribution in [2.24, 2.45) is 11.0 Å². The van der Waals surface area contributed by atoms with Crippen LogP contribution in [-0.2, 0) is 0 Å². The molecule has 3 nitrogen and oxygen atoms in total. The highest BCUT2D eigenvalue weighted by molar-refractivity contribution is 9.11. The molecule has 2 aromatic rings. The molecule has 2 aliphatic heterocycles. The van der Waals surface area contributed by atoms with Gasteiger partial charge < -0.3 is 4.74 Å². The monoisotopic (exact) mass is 416 g/mol. The molecule has 0 spiro atoms. The molecule has 3 aliphatic rings. The number of thiophene rings is 1. The van der Waals surface area contributed by atoms with Gasteiger partial charge >= 0.3 is 0 Å². The molecule has 0 bridgehead atoms. The van der Waals surface area contributed by atoms with Gasteiger partial charge in [-0.05, 0) is 47.0 Å². The minimum absolute atomic E-state index is 0.0844. The summed E-state index contributed by atoms with van der Waals surface area (Å²) in [6.07, 6.45) is 7.56. The van der Waals surface area contributed by atoms with Crippen LogP contribution >= 0.6 is 27.3 Å². The Kier molecular flexibility index (Phi) is 4.09. The minimum atomic E-state index is 0.0844. The van der Waals surface area contributed by atoms with Crippen molar-refractivity contribution in [3.8, 4) is 5.75 Å². The van der Waals surface area contributed by atoms with E-state index in [-0.39, 0.29) is 6.23 Å². The first-order valence-electron chi connectivity index (χ1n) is 9.17. The molecule has 5 rings (SSSR count). The summed E-state index contributed by atoms with van der Waals surface area (Å²) in [5, 5.41) is 7.34. The molecule has 1 aliphatic carbocycles. The number of ether oxygens (including phenoxy) is 1. The Morgan fingerprint density at radius 2 is 1.92 bits per heavy atom. The molecule has 0 unspecified atom stereocenters. The first kappa shape index (κ1) is 15.9. The van der Waals surface area contributed by atoms with E-state index in [1.165, 1.54) is 48.3 Å². The summed E-state index contributed by atoms with van der Waals surface area (Å²) >= 11 is 5.35. The van der Waals surface area contributed by atoms with Crippen LogP contribution in [0.25, 0.3) is 0 Å². The van der Waals surface area contributed by atoms with Crippen molar-refractivity contribution in [2.75, 3.05) is 0 Å². The molecule has 1 fully saturated rings. The van der Waals surface area contributed by atoms with Gasteiger partial charge in [0.25, 0.3) is 0 Å². The number of benzene rings is 1. The van der Waals surface area contributed by atoms with Crippen molar-refractivity contribution >= 4 is 33.0 Å². The second-order valence-corrected chi connectivity index (χ2v) is 9.66. The molecule has 130 valence electrons. The first-order valence-corrected chi connectivity index (χ1v) is 10.8. The number of halogens is 1. The fraction of sp³-hybridized carbons (Fsp3) is 0.450. The van der Waals surface area contributed by atoms with E-state index < -0.39 is 0 Å². The van der Waals surface area contributed by atoms with Crippen LogP contribution in [0.15, 0.2) is 45.3 Å². The first-order chi connectivity index (χ1) is 12.3. The lowest BCUT2D eigenvalue weighted by molar-refractivity contribution is -0.0643. The van der Waals surface area contributed by atoms with Crippen LogP contribution in [0.3, 0.4) is 0 Å². The van der Waals surface area contributed by atoms with E-state index in [2.05, 4.69) is 57.3 Å². The lowest BCUT2D eigenvalue weighted by Crippen LogP contribution is -2.45. The zero-order valence-electron chi connectivity index (χ0n) is 14.0. The maximum atomic E-state index is 6.49. The highest BCUT2D eigenvalue weighted by atomic mass is 79.9. The smallest absolute Gasteiger partial charge is 0.190 e. The lowest BCUT2D eigenvalue weighted by Gasteiger charge is -2.42. The number of para-hydroxylation sites is 1. The molecule has 5 heteroatoms. The van der Waals surface area contributed by atoms with Gasteiger partial charge in [-0.25, -0.2) is 5.01 Å². The van der Waals surface area contributed by atoms with Gasteiger partial charge in [-0.2, -0.15) is 5.10 Å². The Hall–Kier alpha value is -1.33. The zero-order valence-corrected chi connectivity index (χ0v) is 16.4. The van der Waals surface area contributed by atoms with Gasteiger partial charge in [0, 0.05) is 17.9 Å². The Morgan fingerprint density at radius 3 is 2.72 bits per heavy atom. The third-order valence-electron chi connectivity index (χ3n) is 5.64. The largest absolute Gasteiger partial charge is 0.468 e. The summed E-state index contributed by atoms with van der Waals surface area (Å²) in [4.78, 5) is 1.26. The van der Waals surface area contributed by atoms with Gasteiger partial charge in [0.2, 0.25) is 0 Å². The molecule has 1 saturated carbocycles. The minimum Gasteiger partial charge on any atom is -0.468 e. The van der Waals surface area contributed by atoms with Crippen molar-refractivity contribution < 1.29 is 4.74 Å². The quantitative estimate of drug-likeness (QED) is 0.602. The molecule has 0 amide bonds. The second-order valence-electron chi connectivity index (χ2n) is 7.19. The highest BCUT2D eigenvalue weighted by Gasteiger charge is 2.43. The van der Waals surface area contributed by atoms with Crippen molar-refractivity contribution in [3.05, 3.63) is 50.6 Å². The van der Waals surface area contributed by atoms with Crippen LogP contribution in [-0.4, -0.2) is 16.9 Å².